The second kappa shape index (κ2) is 70.2. The van der Waals surface area contributed by atoms with Crippen LogP contribution in [-0.4, -0.2) is 17.9 Å². The predicted molar refractivity (Wildman–Crippen MR) is 43.5 cm³/mol. The first-order chi connectivity index (χ1) is 2.83. The maximum absolute atomic E-state index is 4.76. The lowest BCUT2D eigenvalue weighted by Crippen LogP contribution is -1.25. The summed E-state index contributed by atoms with van der Waals surface area (Å²) in [7, 11) is 0. The van der Waals surface area contributed by atoms with Gasteiger partial charge in [-0.3, -0.25) is 14.1 Å². The molecule has 64 valence electrons. The number of thioether (sulfide) groups is 1. The second-order valence-corrected chi connectivity index (χ2v) is 2.13. The van der Waals surface area contributed by atoms with E-state index in [0.29, 0.717) is 0 Å². The van der Waals surface area contributed by atoms with Gasteiger partial charge in [0.2, 0.25) is 0 Å². The minimum absolute atomic E-state index is 0. The molecule has 0 amide bonds. The van der Waals surface area contributed by atoms with Gasteiger partial charge >= 0.3 is 0 Å². The normalized spacial score (nSPS) is 4.00. The van der Waals surface area contributed by atoms with Gasteiger partial charge in [0.15, 0.2) is 0 Å². The molecule has 0 heterocycles. The lowest BCUT2D eigenvalue weighted by Gasteiger charge is -1.51. The molecule has 0 saturated heterocycles. The van der Waals surface area contributed by atoms with Gasteiger partial charge < -0.3 is 0 Å². The highest BCUT2D eigenvalue weighted by atomic mass is 35.5. The first-order valence-corrected chi connectivity index (χ1v) is 4.05. The fraction of sp³-hybridized carbons (Fsp3) is 1.00. The van der Waals surface area contributed by atoms with E-state index in [0.717, 1.165) is 0 Å². The van der Waals surface area contributed by atoms with Gasteiger partial charge in [0.25, 0.3) is 0 Å². The van der Waals surface area contributed by atoms with E-state index in [9.17, 15) is 0 Å². The molecule has 0 spiro atoms. The molecular formula is C3H11Cl2F3S. The quantitative estimate of drug-likeness (QED) is 0.550. The van der Waals surface area contributed by atoms with Gasteiger partial charge in [-0.05, 0) is 12.5 Å². The Hall–Kier alpha value is 0.720. The van der Waals surface area contributed by atoms with Crippen LogP contribution in [0.1, 0.15) is 0 Å². The number of hydrogen-bond acceptors (Lipinski definition) is 1. The molecule has 0 aromatic carbocycles. The molecular weight excluding hydrogens is 196 g/mol. The third-order valence-electron chi connectivity index (χ3n) is 0. The van der Waals surface area contributed by atoms with E-state index in [1.54, 1.807) is 11.8 Å². The summed E-state index contributed by atoms with van der Waals surface area (Å²) in [5.74, 6) is 0. The summed E-state index contributed by atoms with van der Waals surface area (Å²) in [6.45, 7) is 0. The van der Waals surface area contributed by atoms with Crippen LogP contribution >= 0.6 is 35.0 Å². The highest BCUT2D eigenvalue weighted by Gasteiger charge is 1.41. The summed E-state index contributed by atoms with van der Waals surface area (Å²) < 4.78 is 0. The van der Waals surface area contributed by atoms with Gasteiger partial charge in [-0.25, -0.2) is 0 Å². The van der Waals surface area contributed by atoms with Crippen LogP contribution < -0.4 is 0 Å². The van der Waals surface area contributed by atoms with Crippen LogP contribution in [0.25, 0.3) is 0 Å². The Labute approximate surface area is 67.4 Å². The van der Waals surface area contributed by atoms with Crippen molar-refractivity contribution in [3.63, 3.8) is 0 Å². The van der Waals surface area contributed by atoms with Crippen molar-refractivity contribution in [1.82, 2.24) is 0 Å². The van der Waals surface area contributed by atoms with Crippen LogP contribution in [-0.2, 0) is 0 Å². The van der Waals surface area contributed by atoms with Crippen molar-refractivity contribution in [3.05, 3.63) is 0 Å². The summed E-state index contributed by atoms with van der Waals surface area (Å²) in [4.78, 5) is 0. The van der Waals surface area contributed by atoms with Crippen LogP contribution in [0.15, 0.2) is 0 Å². The van der Waals surface area contributed by atoms with Crippen molar-refractivity contribution in [1.29, 1.82) is 0 Å². The minimum atomic E-state index is 0. The fourth-order valence-corrected chi connectivity index (χ4v) is 0. The predicted octanol–water partition coefficient (Wildman–Crippen LogP) is 2.86. The van der Waals surface area contributed by atoms with Gasteiger partial charge in [0.05, 0.1) is 5.34 Å². The van der Waals surface area contributed by atoms with E-state index in [1.807, 2.05) is 12.5 Å². The molecule has 0 N–H and O–H groups in total. The van der Waals surface area contributed by atoms with Crippen molar-refractivity contribution in [2.45, 2.75) is 0 Å². The first-order valence-electron chi connectivity index (χ1n) is 1.35. The van der Waals surface area contributed by atoms with Crippen molar-refractivity contribution in [2.24, 2.45) is 0 Å². The maximum Gasteiger partial charge on any atom is 0.0967 e. The summed E-state index contributed by atoms with van der Waals surface area (Å²) >= 11 is 11.3. The lowest BCUT2D eigenvalue weighted by molar-refractivity contribution is 1.11. The Morgan fingerprint density at radius 3 is 1.00 bits per heavy atom. The highest BCUT2D eigenvalue weighted by Crippen LogP contribution is 1.73. The van der Waals surface area contributed by atoms with E-state index < -0.39 is 0 Å². The van der Waals surface area contributed by atoms with Crippen LogP contribution in [0.5, 0.6) is 0 Å². The highest BCUT2D eigenvalue weighted by molar-refractivity contribution is 7.97. The molecule has 0 aliphatic heterocycles. The molecule has 0 aromatic rings. The molecule has 0 unspecified atom stereocenters. The summed E-state index contributed by atoms with van der Waals surface area (Å²) in [6, 6.07) is 0. The standard InChI is InChI=1S/C2H6S.CH2Cl2.3FH/c1-3-2;2-1-3;;;/h1-2H3;1H2;3*1H. The van der Waals surface area contributed by atoms with Gasteiger partial charge in [0.1, 0.15) is 0 Å². The molecule has 0 aromatic heterocycles. The zero-order valence-corrected chi connectivity index (χ0v) is 7.42. The first kappa shape index (κ1) is 33.2. The lowest BCUT2D eigenvalue weighted by atomic mass is 11.9. The Morgan fingerprint density at radius 2 is 1.00 bits per heavy atom. The number of rotatable bonds is 0. The third-order valence-corrected chi connectivity index (χ3v) is 0. The van der Waals surface area contributed by atoms with Gasteiger partial charge in [-0.2, -0.15) is 11.8 Å². The van der Waals surface area contributed by atoms with Gasteiger partial charge in [0, 0.05) is 0 Å². The molecule has 0 aliphatic rings. The average Bonchev–Trinajstić information content (AvgIpc) is 1.39. The van der Waals surface area contributed by atoms with E-state index in [-0.39, 0.29) is 19.5 Å². The number of halogens is 5. The van der Waals surface area contributed by atoms with Crippen LogP contribution in [0, 0.1) is 0 Å². The molecule has 9 heavy (non-hydrogen) atoms. The van der Waals surface area contributed by atoms with E-state index >= 15 is 0 Å². The summed E-state index contributed by atoms with van der Waals surface area (Å²) in [5.41, 5.74) is 0. The van der Waals surface area contributed by atoms with Gasteiger partial charge in [-0.15, -0.1) is 23.2 Å². The number of hydrogen-bond donors (Lipinski definition) is 0. The van der Waals surface area contributed by atoms with Crippen molar-refractivity contribution < 1.29 is 14.1 Å². The molecule has 6 heteroatoms. The van der Waals surface area contributed by atoms with E-state index in [4.69, 9.17) is 23.2 Å². The topological polar surface area (TPSA) is 0 Å². The third kappa shape index (κ3) is 760. The molecule has 0 fully saturated rings. The fourth-order valence-electron chi connectivity index (χ4n) is 0. The van der Waals surface area contributed by atoms with Crippen LogP contribution in [0.4, 0.5) is 14.1 Å². The van der Waals surface area contributed by atoms with Crippen molar-refractivity contribution >= 4 is 35.0 Å². The molecule has 0 bridgehead atoms. The average molecular weight is 207 g/mol. The molecule has 0 radical (unpaired) electrons. The van der Waals surface area contributed by atoms with Crippen LogP contribution in [0.2, 0.25) is 0 Å². The van der Waals surface area contributed by atoms with Gasteiger partial charge in [-0.1, -0.05) is 0 Å². The monoisotopic (exact) mass is 206 g/mol. The Morgan fingerprint density at radius 1 is 1.00 bits per heavy atom. The molecule has 0 aliphatic carbocycles. The summed E-state index contributed by atoms with van der Waals surface area (Å²) in [6.07, 6.45) is 4.08. The zero-order valence-electron chi connectivity index (χ0n) is 5.10. The zero-order chi connectivity index (χ0) is 5.41. The minimum Gasteiger partial charge on any atom is -0.269 e. The van der Waals surface area contributed by atoms with E-state index in [2.05, 4.69) is 0 Å². The van der Waals surface area contributed by atoms with Crippen molar-refractivity contribution in [2.75, 3.05) is 17.9 Å². The maximum atomic E-state index is 4.76. The Bertz CT molecular complexity index is 19.0. The summed E-state index contributed by atoms with van der Waals surface area (Å²) in [5, 5.41) is 0.194. The smallest absolute Gasteiger partial charge is 0.0967 e. The second-order valence-electron chi connectivity index (χ2n) is 0.509. The Kier molecular flexibility index (Phi) is 259. The van der Waals surface area contributed by atoms with Crippen LogP contribution in [0.3, 0.4) is 0 Å². The number of alkyl halides is 2. The molecule has 0 atom stereocenters. The van der Waals surface area contributed by atoms with Crippen molar-refractivity contribution in [3.8, 4) is 0 Å². The molecule has 0 rings (SSSR count). The molecule has 0 nitrogen and oxygen atoms in total. The molecule has 0 saturated carbocycles. The van der Waals surface area contributed by atoms with E-state index in [1.165, 1.54) is 0 Å². The Balaban J connectivity index is -0.00000000889. The SMILES string of the molecule is CSC.ClCCl.F.F.F. The largest absolute Gasteiger partial charge is 0.269 e.